The Hall–Kier alpha value is -2.08. The molecule has 0 saturated carbocycles. The predicted molar refractivity (Wildman–Crippen MR) is 61.6 cm³/mol. The molecule has 0 aromatic heterocycles. The molecule has 1 unspecified atom stereocenters. The summed E-state index contributed by atoms with van der Waals surface area (Å²) in [6.07, 6.45) is -1.24. The molecule has 1 atom stereocenters. The molecule has 6 heteroatoms. The number of ether oxygens (including phenoxy) is 3. The minimum atomic E-state index is -1.24. The number of aliphatic hydroxyl groups is 1. The molecule has 0 heterocycles. The summed E-state index contributed by atoms with van der Waals surface area (Å²) in [4.78, 5) is 22.5. The van der Waals surface area contributed by atoms with Gasteiger partial charge in [0.15, 0.2) is 11.5 Å². The normalized spacial score (nSPS) is 11.6. The van der Waals surface area contributed by atoms with Gasteiger partial charge in [-0.2, -0.15) is 0 Å². The van der Waals surface area contributed by atoms with E-state index in [0.29, 0.717) is 0 Å². The van der Waals surface area contributed by atoms with Crippen molar-refractivity contribution >= 4 is 11.9 Å². The van der Waals surface area contributed by atoms with Crippen molar-refractivity contribution in [2.24, 2.45) is 0 Å². The maximum atomic E-state index is 11.3. The second kappa shape index (κ2) is 6.02. The number of carbonyl (C=O) groups is 2. The van der Waals surface area contributed by atoms with Gasteiger partial charge in [-0.05, 0) is 25.1 Å². The topological polar surface area (TPSA) is 82.1 Å². The molecule has 0 aliphatic carbocycles. The fourth-order valence-corrected chi connectivity index (χ4v) is 1.19. The van der Waals surface area contributed by atoms with E-state index in [1.807, 2.05) is 0 Å². The average Bonchev–Trinajstić information content (AvgIpc) is 2.37. The SMILES string of the molecule is COC(=O)c1ccc(OC(=O)C(C)O)c(OC)c1. The zero-order valence-corrected chi connectivity index (χ0v) is 10.3. The molecule has 18 heavy (non-hydrogen) atoms. The van der Waals surface area contributed by atoms with E-state index in [9.17, 15) is 9.59 Å². The van der Waals surface area contributed by atoms with Gasteiger partial charge in [-0.1, -0.05) is 0 Å². The maximum absolute atomic E-state index is 11.3. The third-order valence-corrected chi connectivity index (χ3v) is 2.14. The quantitative estimate of drug-likeness (QED) is 0.631. The van der Waals surface area contributed by atoms with E-state index in [1.165, 1.54) is 39.3 Å². The van der Waals surface area contributed by atoms with Crippen LogP contribution in [0.25, 0.3) is 0 Å². The fraction of sp³-hybridized carbons (Fsp3) is 0.333. The van der Waals surface area contributed by atoms with Gasteiger partial charge in [-0.15, -0.1) is 0 Å². The van der Waals surface area contributed by atoms with E-state index < -0.39 is 18.0 Å². The Morgan fingerprint density at radius 2 is 1.89 bits per heavy atom. The highest BCUT2D eigenvalue weighted by atomic mass is 16.6. The van der Waals surface area contributed by atoms with Crippen LogP contribution in [0.2, 0.25) is 0 Å². The van der Waals surface area contributed by atoms with E-state index in [-0.39, 0.29) is 17.1 Å². The van der Waals surface area contributed by atoms with Gasteiger partial charge in [-0.3, -0.25) is 0 Å². The van der Waals surface area contributed by atoms with Gasteiger partial charge in [0.25, 0.3) is 0 Å². The second-order valence-electron chi connectivity index (χ2n) is 3.45. The Morgan fingerprint density at radius 3 is 2.39 bits per heavy atom. The van der Waals surface area contributed by atoms with Crippen LogP contribution in [-0.4, -0.2) is 37.4 Å². The van der Waals surface area contributed by atoms with Crippen molar-refractivity contribution in [3.63, 3.8) is 0 Å². The average molecular weight is 254 g/mol. The first-order valence-electron chi connectivity index (χ1n) is 5.15. The predicted octanol–water partition coefficient (Wildman–Crippen LogP) is 0.768. The van der Waals surface area contributed by atoms with Crippen LogP contribution in [0.3, 0.4) is 0 Å². The minimum Gasteiger partial charge on any atom is -0.493 e. The van der Waals surface area contributed by atoms with Gasteiger partial charge in [-0.25, -0.2) is 9.59 Å². The molecule has 0 amide bonds. The van der Waals surface area contributed by atoms with Crippen LogP contribution in [0, 0.1) is 0 Å². The van der Waals surface area contributed by atoms with Gasteiger partial charge < -0.3 is 19.3 Å². The largest absolute Gasteiger partial charge is 0.493 e. The highest BCUT2D eigenvalue weighted by Gasteiger charge is 2.16. The highest BCUT2D eigenvalue weighted by molar-refractivity contribution is 5.90. The van der Waals surface area contributed by atoms with Crippen LogP contribution < -0.4 is 9.47 Å². The van der Waals surface area contributed by atoms with Crippen molar-refractivity contribution in [3.8, 4) is 11.5 Å². The lowest BCUT2D eigenvalue weighted by Gasteiger charge is -2.11. The summed E-state index contributed by atoms with van der Waals surface area (Å²) in [6.45, 7) is 1.29. The number of carbonyl (C=O) groups excluding carboxylic acids is 2. The zero-order valence-electron chi connectivity index (χ0n) is 10.3. The summed E-state index contributed by atoms with van der Waals surface area (Å²) < 4.78 is 14.4. The summed E-state index contributed by atoms with van der Waals surface area (Å²) in [5.74, 6) is -1.01. The maximum Gasteiger partial charge on any atom is 0.340 e. The molecule has 1 rings (SSSR count). The summed E-state index contributed by atoms with van der Waals surface area (Å²) in [7, 11) is 2.63. The van der Waals surface area contributed by atoms with E-state index in [4.69, 9.17) is 14.6 Å². The molecule has 0 spiro atoms. The highest BCUT2D eigenvalue weighted by Crippen LogP contribution is 2.28. The lowest BCUT2D eigenvalue weighted by Crippen LogP contribution is -2.22. The zero-order chi connectivity index (χ0) is 13.7. The van der Waals surface area contributed by atoms with Gasteiger partial charge in [0, 0.05) is 0 Å². The lowest BCUT2D eigenvalue weighted by atomic mass is 10.2. The minimum absolute atomic E-state index is 0.121. The lowest BCUT2D eigenvalue weighted by molar-refractivity contribution is -0.142. The van der Waals surface area contributed by atoms with E-state index in [2.05, 4.69) is 4.74 Å². The molecule has 6 nitrogen and oxygen atoms in total. The molecule has 1 aromatic rings. The van der Waals surface area contributed by atoms with Crippen LogP contribution in [0.4, 0.5) is 0 Å². The summed E-state index contributed by atoms with van der Waals surface area (Å²) in [6, 6.07) is 4.21. The molecule has 0 fully saturated rings. The van der Waals surface area contributed by atoms with Crippen LogP contribution in [0.1, 0.15) is 17.3 Å². The number of hydrogen-bond donors (Lipinski definition) is 1. The van der Waals surface area contributed by atoms with Gasteiger partial charge in [0.1, 0.15) is 6.10 Å². The van der Waals surface area contributed by atoms with Gasteiger partial charge >= 0.3 is 11.9 Å². The molecule has 1 aromatic carbocycles. The van der Waals surface area contributed by atoms with Crippen molar-refractivity contribution in [2.75, 3.05) is 14.2 Å². The number of aliphatic hydroxyl groups excluding tert-OH is 1. The Labute approximate surface area is 104 Å². The molecular weight excluding hydrogens is 240 g/mol. The molecule has 0 saturated heterocycles. The molecule has 98 valence electrons. The molecule has 0 radical (unpaired) electrons. The third kappa shape index (κ3) is 3.21. The third-order valence-electron chi connectivity index (χ3n) is 2.14. The Balaban J connectivity index is 3.00. The van der Waals surface area contributed by atoms with Crippen molar-refractivity contribution in [1.29, 1.82) is 0 Å². The van der Waals surface area contributed by atoms with Crippen LogP contribution in [0.5, 0.6) is 11.5 Å². The molecule has 0 bridgehead atoms. The Kier molecular flexibility index (Phi) is 4.67. The summed E-state index contributed by atoms with van der Waals surface area (Å²) in [5, 5.41) is 9.04. The smallest absolute Gasteiger partial charge is 0.340 e. The van der Waals surface area contributed by atoms with Crippen LogP contribution in [-0.2, 0) is 9.53 Å². The second-order valence-corrected chi connectivity index (χ2v) is 3.45. The Morgan fingerprint density at radius 1 is 1.22 bits per heavy atom. The molecule has 1 N–H and O–H groups in total. The van der Waals surface area contributed by atoms with E-state index in [0.717, 1.165) is 0 Å². The molecule has 0 aliphatic rings. The number of methoxy groups -OCH3 is 2. The van der Waals surface area contributed by atoms with Crippen LogP contribution in [0.15, 0.2) is 18.2 Å². The van der Waals surface area contributed by atoms with Crippen molar-refractivity contribution in [2.45, 2.75) is 13.0 Å². The van der Waals surface area contributed by atoms with Crippen molar-refractivity contribution in [3.05, 3.63) is 23.8 Å². The number of hydrogen-bond acceptors (Lipinski definition) is 6. The van der Waals surface area contributed by atoms with Gasteiger partial charge in [0.05, 0.1) is 19.8 Å². The van der Waals surface area contributed by atoms with Crippen LogP contribution >= 0.6 is 0 Å². The Bertz CT molecular complexity index is 452. The number of benzene rings is 1. The first-order chi connectivity index (χ1) is 8.49. The standard InChI is InChI=1S/C12H14O6/c1-7(13)11(14)18-9-5-4-8(12(15)17-3)6-10(9)16-2/h4-7,13H,1-3H3. The van der Waals surface area contributed by atoms with E-state index in [1.54, 1.807) is 0 Å². The van der Waals surface area contributed by atoms with Gasteiger partial charge in [0.2, 0.25) is 0 Å². The summed E-state index contributed by atoms with van der Waals surface area (Å²) >= 11 is 0. The van der Waals surface area contributed by atoms with E-state index >= 15 is 0 Å². The van der Waals surface area contributed by atoms with Crippen molar-refractivity contribution in [1.82, 2.24) is 0 Å². The first-order valence-corrected chi connectivity index (χ1v) is 5.15. The fourth-order valence-electron chi connectivity index (χ4n) is 1.19. The first kappa shape index (κ1) is 14.0. The molecule has 0 aliphatic heterocycles. The van der Waals surface area contributed by atoms with Crippen molar-refractivity contribution < 1.29 is 28.9 Å². The number of rotatable bonds is 4. The summed E-state index contributed by atoms with van der Waals surface area (Å²) in [5.41, 5.74) is 0.270. The number of esters is 2. The monoisotopic (exact) mass is 254 g/mol. The molecular formula is C12H14O6.